The molecule has 10 heteroatoms. The van der Waals surface area contributed by atoms with Gasteiger partial charge in [-0.25, -0.2) is 4.98 Å². The number of nitrogens with zero attached hydrogens (tertiary/aromatic N) is 2. The second-order valence-corrected chi connectivity index (χ2v) is 9.85. The molecule has 2 aromatic rings. The Kier molecular flexibility index (Phi) is 10.8. The van der Waals surface area contributed by atoms with Crippen LogP contribution in [0.25, 0.3) is 0 Å². The maximum atomic E-state index is 6.20. The number of aromatic nitrogens is 1. The Balaban J connectivity index is 1.43. The predicted octanol–water partition coefficient (Wildman–Crippen LogP) is 4.31. The van der Waals surface area contributed by atoms with Crippen LogP contribution in [0.4, 0.5) is 5.82 Å². The SMILES string of the molecule is S=C(NCCCC1CNCN1)NCCCN(Cc1ccc(Cl)c(Cl)c1)c1ccc(Br)cn1. The van der Waals surface area contributed by atoms with Gasteiger partial charge in [-0.2, -0.15) is 0 Å². The van der Waals surface area contributed by atoms with E-state index in [1.807, 2.05) is 36.5 Å². The van der Waals surface area contributed by atoms with Crippen LogP contribution in [-0.4, -0.2) is 49.0 Å². The van der Waals surface area contributed by atoms with Gasteiger partial charge >= 0.3 is 0 Å². The van der Waals surface area contributed by atoms with Crippen molar-refractivity contribution in [2.75, 3.05) is 37.7 Å². The van der Waals surface area contributed by atoms with Crippen LogP contribution in [-0.2, 0) is 6.54 Å². The monoisotopic (exact) mass is 558 g/mol. The number of rotatable bonds is 11. The number of thiocarbonyl (C=S) groups is 1. The quantitative estimate of drug-likeness (QED) is 0.242. The van der Waals surface area contributed by atoms with Gasteiger partial charge in [-0.15, -0.1) is 0 Å². The maximum absolute atomic E-state index is 6.20. The fraction of sp³-hybridized carbons (Fsp3) is 0.455. The summed E-state index contributed by atoms with van der Waals surface area (Å²) >= 11 is 21.1. The zero-order chi connectivity index (χ0) is 22.8. The van der Waals surface area contributed by atoms with Crippen molar-refractivity contribution < 1.29 is 0 Å². The van der Waals surface area contributed by atoms with Crippen molar-refractivity contribution in [3.05, 3.63) is 56.6 Å². The second-order valence-electron chi connectivity index (χ2n) is 7.72. The number of anilines is 1. The molecule has 1 fully saturated rings. The van der Waals surface area contributed by atoms with Crippen LogP contribution in [0.5, 0.6) is 0 Å². The molecule has 0 saturated carbocycles. The lowest BCUT2D eigenvalue weighted by molar-refractivity contribution is 0.551. The van der Waals surface area contributed by atoms with E-state index in [-0.39, 0.29) is 0 Å². The Morgan fingerprint density at radius 3 is 2.66 bits per heavy atom. The summed E-state index contributed by atoms with van der Waals surface area (Å²) in [5.74, 6) is 0.912. The number of hydrogen-bond acceptors (Lipinski definition) is 5. The first kappa shape index (κ1) is 25.5. The highest BCUT2D eigenvalue weighted by molar-refractivity contribution is 9.10. The minimum Gasteiger partial charge on any atom is -0.363 e. The molecule has 4 N–H and O–H groups in total. The molecule has 174 valence electrons. The minimum atomic E-state index is 0.560. The van der Waals surface area contributed by atoms with Gasteiger partial charge in [-0.05, 0) is 77.2 Å². The van der Waals surface area contributed by atoms with Crippen molar-refractivity contribution in [1.29, 1.82) is 0 Å². The van der Waals surface area contributed by atoms with E-state index in [0.29, 0.717) is 27.7 Å². The van der Waals surface area contributed by atoms with Gasteiger partial charge in [-0.3, -0.25) is 0 Å². The Morgan fingerprint density at radius 1 is 1.16 bits per heavy atom. The van der Waals surface area contributed by atoms with Gasteiger partial charge in [0.1, 0.15) is 5.82 Å². The van der Waals surface area contributed by atoms with Gasteiger partial charge in [0.25, 0.3) is 0 Å². The molecular weight excluding hydrogens is 531 g/mol. The number of pyridine rings is 1. The fourth-order valence-corrected chi connectivity index (χ4v) is 4.27. The van der Waals surface area contributed by atoms with Crippen LogP contribution in [0, 0.1) is 0 Å². The van der Waals surface area contributed by atoms with E-state index in [9.17, 15) is 0 Å². The minimum absolute atomic E-state index is 0.560. The van der Waals surface area contributed by atoms with Gasteiger partial charge in [0.05, 0.1) is 10.0 Å². The number of hydrogen-bond donors (Lipinski definition) is 4. The third kappa shape index (κ3) is 8.65. The van der Waals surface area contributed by atoms with E-state index in [4.69, 9.17) is 35.4 Å². The summed E-state index contributed by atoms with van der Waals surface area (Å²) < 4.78 is 0.953. The first-order valence-electron chi connectivity index (χ1n) is 10.8. The zero-order valence-corrected chi connectivity index (χ0v) is 21.8. The van der Waals surface area contributed by atoms with Crippen LogP contribution >= 0.6 is 51.3 Å². The molecule has 0 bridgehead atoms. The zero-order valence-electron chi connectivity index (χ0n) is 17.8. The van der Waals surface area contributed by atoms with Gasteiger partial charge in [-0.1, -0.05) is 29.3 Å². The molecule has 1 aromatic heterocycles. The molecule has 0 amide bonds. The normalized spacial score (nSPS) is 15.5. The van der Waals surface area contributed by atoms with Gasteiger partial charge < -0.3 is 26.2 Å². The molecule has 3 rings (SSSR count). The van der Waals surface area contributed by atoms with E-state index in [0.717, 1.165) is 68.0 Å². The molecule has 1 unspecified atom stereocenters. The van der Waals surface area contributed by atoms with E-state index >= 15 is 0 Å². The molecule has 1 aliphatic heterocycles. The highest BCUT2D eigenvalue weighted by atomic mass is 79.9. The van der Waals surface area contributed by atoms with E-state index in [1.54, 1.807) is 0 Å². The molecule has 32 heavy (non-hydrogen) atoms. The summed E-state index contributed by atoms with van der Waals surface area (Å²) in [6, 6.07) is 10.3. The highest BCUT2D eigenvalue weighted by Crippen LogP contribution is 2.24. The molecule has 1 saturated heterocycles. The molecule has 0 spiro atoms. The van der Waals surface area contributed by atoms with Gasteiger partial charge in [0.2, 0.25) is 0 Å². The van der Waals surface area contributed by atoms with Gasteiger partial charge in [0, 0.05) is 56.1 Å². The summed E-state index contributed by atoms with van der Waals surface area (Å²) in [6.45, 7) is 5.15. The molecule has 1 aliphatic rings. The van der Waals surface area contributed by atoms with Crippen LogP contribution in [0.1, 0.15) is 24.8 Å². The maximum Gasteiger partial charge on any atom is 0.166 e. The van der Waals surface area contributed by atoms with Crippen molar-refractivity contribution in [1.82, 2.24) is 26.3 Å². The Bertz CT molecular complexity index is 864. The smallest absolute Gasteiger partial charge is 0.166 e. The lowest BCUT2D eigenvalue weighted by Crippen LogP contribution is -2.38. The summed E-state index contributed by atoms with van der Waals surface area (Å²) in [5, 5.41) is 15.2. The third-order valence-electron chi connectivity index (χ3n) is 5.20. The van der Waals surface area contributed by atoms with E-state index in [2.05, 4.69) is 47.1 Å². The Labute approximate surface area is 214 Å². The lowest BCUT2D eigenvalue weighted by atomic mass is 10.2. The Morgan fingerprint density at radius 2 is 1.97 bits per heavy atom. The Hall–Kier alpha value is -1.16. The predicted molar refractivity (Wildman–Crippen MR) is 142 cm³/mol. The van der Waals surface area contributed by atoms with Crippen LogP contribution in [0.2, 0.25) is 10.0 Å². The van der Waals surface area contributed by atoms with Gasteiger partial charge in [0.15, 0.2) is 5.11 Å². The van der Waals surface area contributed by atoms with Crippen LogP contribution < -0.4 is 26.2 Å². The summed E-state index contributed by atoms with van der Waals surface area (Å²) in [7, 11) is 0. The van der Waals surface area contributed by atoms with E-state index < -0.39 is 0 Å². The highest BCUT2D eigenvalue weighted by Gasteiger charge is 2.12. The average molecular weight is 560 g/mol. The van der Waals surface area contributed by atoms with E-state index in [1.165, 1.54) is 0 Å². The average Bonchev–Trinajstić information content (AvgIpc) is 3.30. The summed E-state index contributed by atoms with van der Waals surface area (Å²) in [6.07, 6.45) is 4.96. The third-order valence-corrected chi connectivity index (χ3v) is 6.70. The van der Waals surface area contributed by atoms with Crippen LogP contribution in [0.3, 0.4) is 0 Å². The molecule has 0 radical (unpaired) electrons. The van der Waals surface area contributed by atoms with Crippen molar-refractivity contribution in [3.63, 3.8) is 0 Å². The lowest BCUT2D eigenvalue weighted by Gasteiger charge is -2.24. The number of benzene rings is 1. The van der Waals surface area contributed by atoms with Crippen molar-refractivity contribution in [3.8, 4) is 0 Å². The number of halogens is 3. The topological polar surface area (TPSA) is 64.2 Å². The molecule has 1 atom stereocenters. The second kappa shape index (κ2) is 13.5. The van der Waals surface area contributed by atoms with Crippen molar-refractivity contribution >= 4 is 62.3 Å². The molecule has 1 aromatic carbocycles. The standard InChI is InChI=1S/C22H29BrCl2N6S/c23-17-5-7-21(29-12-17)31(14-16-4-6-19(24)20(25)11-16)10-2-9-28-22(32)27-8-1-3-18-13-26-15-30-18/h4-7,11-12,18,26,30H,1-3,8-10,13-15H2,(H2,27,28,32). The first-order chi connectivity index (χ1) is 15.5. The molecular formula is C22H29BrCl2N6S. The molecule has 0 aliphatic carbocycles. The number of nitrogens with one attached hydrogen (secondary N) is 4. The van der Waals surface area contributed by atoms with Crippen LogP contribution in [0.15, 0.2) is 41.0 Å². The molecule has 6 nitrogen and oxygen atoms in total. The van der Waals surface area contributed by atoms with Crippen molar-refractivity contribution in [2.45, 2.75) is 31.8 Å². The van der Waals surface area contributed by atoms with Crippen molar-refractivity contribution in [2.24, 2.45) is 0 Å². The summed E-state index contributed by atoms with van der Waals surface area (Å²) in [5.41, 5.74) is 1.08. The largest absolute Gasteiger partial charge is 0.363 e. The summed E-state index contributed by atoms with van der Waals surface area (Å²) in [4.78, 5) is 6.79. The molecule has 2 heterocycles. The fourth-order valence-electron chi connectivity index (χ4n) is 3.51. The first-order valence-corrected chi connectivity index (χ1v) is 12.7.